The number of anilines is 1. The highest BCUT2D eigenvalue weighted by Gasteiger charge is 2.23. The first kappa shape index (κ1) is 25.7. The zero-order valence-corrected chi connectivity index (χ0v) is 20.4. The number of aryl methyl sites for hydroxylation is 1. The Morgan fingerprint density at radius 2 is 1.91 bits per heavy atom. The first-order valence-electron chi connectivity index (χ1n) is 11.0. The first-order chi connectivity index (χ1) is 15.7. The average Bonchev–Trinajstić information content (AvgIpc) is 2.77. The van der Waals surface area contributed by atoms with Crippen LogP contribution in [0, 0.1) is 6.92 Å². The monoisotopic (exact) mass is 495 g/mol. The largest absolute Gasteiger partial charge is 0.490 e. The van der Waals surface area contributed by atoms with Crippen molar-refractivity contribution in [2.75, 3.05) is 31.5 Å². The molecule has 1 aliphatic rings. The lowest BCUT2D eigenvalue weighted by molar-refractivity contribution is -0.114. The van der Waals surface area contributed by atoms with Gasteiger partial charge in [-0.1, -0.05) is 29.3 Å². The number of β-amino-alcohol motifs (C(OH)–C–C–N with tert-alkyl or cyclic N) is 1. The molecule has 1 amide bonds. The fraction of sp³-hybridized carbons (Fsp3) is 0.458. The summed E-state index contributed by atoms with van der Waals surface area (Å²) in [7, 11) is 0. The van der Waals surface area contributed by atoms with Gasteiger partial charge in [0.2, 0.25) is 5.91 Å². The van der Waals surface area contributed by atoms with Crippen molar-refractivity contribution in [3.8, 4) is 5.75 Å². The van der Waals surface area contributed by atoms with E-state index in [1.807, 2.05) is 25.1 Å². The molecule has 1 aliphatic heterocycles. The van der Waals surface area contributed by atoms with E-state index in [9.17, 15) is 15.0 Å². The molecule has 0 aliphatic carbocycles. The molecule has 33 heavy (non-hydrogen) atoms. The van der Waals surface area contributed by atoms with Crippen LogP contribution in [0.25, 0.3) is 0 Å². The number of benzene rings is 2. The van der Waals surface area contributed by atoms with Crippen molar-refractivity contribution in [2.24, 2.45) is 0 Å². The number of piperidine rings is 1. The van der Waals surface area contributed by atoms with Crippen LogP contribution in [0.15, 0.2) is 36.4 Å². The molecule has 0 aromatic heterocycles. The number of ether oxygens (including phenoxy) is 1. The Kier molecular flexibility index (Phi) is 9.37. The van der Waals surface area contributed by atoms with Crippen molar-refractivity contribution < 1.29 is 19.7 Å². The Labute approximate surface area is 204 Å². The van der Waals surface area contributed by atoms with Gasteiger partial charge in [-0.2, -0.15) is 0 Å². The summed E-state index contributed by atoms with van der Waals surface area (Å²) in [5, 5.41) is 27.7. The summed E-state index contributed by atoms with van der Waals surface area (Å²) in [4.78, 5) is 13.6. The van der Waals surface area contributed by atoms with Crippen LogP contribution in [0.2, 0.25) is 10.0 Å². The molecule has 0 radical (unpaired) electrons. The molecule has 0 bridgehead atoms. The minimum Gasteiger partial charge on any atom is -0.490 e. The summed E-state index contributed by atoms with van der Waals surface area (Å²) in [6, 6.07) is 10.6. The Morgan fingerprint density at radius 3 is 2.58 bits per heavy atom. The number of carbonyl (C=O) groups is 1. The van der Waals surface area contributed by atoms with E-state index < -0.39 is 12.3 Å². The summed E-state index contributed by atoms with van der Waals surface area (Å²) in [6.45, 7) is 5.64. The molecular formula is C24H31Cl2N3O4. The highest BCUT2D eigenvalue weighted by atomic mass is 35.5. The van der Waals surface area contributed by atoms with Crippen LogP contribution in [-0.4, -0.2) is 59.4 Å². The van der Waals surface area contributed by atoms with Gasteiger partial charge in [-0.05, 0) is 55.7 Å². The molecular weight excluding hydrogens is 465 g/mol. The van der Waals surface area contributed by atoms with E-state index in [1.54, 1.807) is 18.2 Å². The van der Waals surface area contributed by atoms with Gasteiger partial charge in [-0.25, -0.2) is 0 Å². The number of nitrogens with zero attached hydrogens (tertiary/aromatic N) is 1. The zero-order chi connectivity index (χ0) is 24.0. The first-order valence-corrected chi connectivity index (χ1v) is 11.8. The highest BCUT2D eigenvalue weighted by Crippen LogP contribution is 2.26. The summed E-state index contributed by atoms with van der Waals surface area (Å²) in [6.07, 6.45) is 0.0810. The van der Waals surface area contributed by atoms with Gasteiger partial charge < -0.3 is 25.2 Å². The number of likely N-dealkylation sites (tertiary alicyclic amines) is 1. The molecule has 4 N–H and O–H groups in total. The molecule has 180 valence electrons. The van der Waals surface area contributed by atoms with E-state index in [-0.39, 0.29) is 18.6 Å². The van der Waals surface area contributed by atoms with Crippen LogP contribution in [0.3, 0.4) is 0 Å². The second-order valence-corrected chi connectivity index (χ2v) is 9.25. The smallest absolute Gasteiger partial charge is 0.221 e. The van der Waals surface area contributed by atoms with Gasteiger partial charge in [-0.3, -0.25) is 10.1 Å². The summed E-state index contributed by atoms with van der Waals surface area (Å²) in [5.74, 6) is 0.533. The molecule has 2 aromatic carbocycles. The third kappa shape index (κ3) is 7.84. The van der Waals surface area contributed by atoms with Crippen molar-refractivity contribution in [3.63, 3.8) is 0 Å². The number of halogens is 2. The fourth-order valence-corrected chi connectivity index (χ4v) is 4.18. The van der Waals surface area contributed by atoms with Gasteiger partial charge in [-0.15, -0.1) is 0 Å². The van der Waals surface area contributed by atoms with Gasteiger partial charge in [0.25, 0.3) is 0 Å². The molecule has 1 heterocycles. The van der Waals surface area contributed by atoms with Crippen LogP contribution >= 0.6 is 23.2 Å². The number of aliphatic hydroxyl groups is 2. The van der Waals surface area contributed by atoms with Crippen molar-refractivity contribution in [3.05, 3.63) is 57.6 Å². The van der Waals surface area contributed by atoms with Crippen LogP contribution in [0.5, 0.6) is 5.75 Å². The molecule has 2 atom stereocenters. The van der Waals surface area contributed by atoms with Crippen LogP contribution < -0.4 is 15.4 Å². The quantitative estimate of drug-likeness (QED) is 0.396. The standard InChI is InChI=1S/C24H31Cl2N3O4/c1-15-3-5-20(12-22(15)26)33-19-7-9-29(10-8-19)14-18(31)13-27-24(32)21-11-17(25)4-6-23(21)28-16(2)30/h3-6,11-12,18-19,24,27,31-32H,7-10,13-14H2,1-2H3,(H,28,30)/t18-,24?/m1/s1. The topological polar surface area (TPSA) is 94.1 Å². The maximum atomic E-state index is 11.4. The third-order valence-corrected chi connectivity index (χ3v) is 6.26. The van der Waals surface area contributed by atoms with Gasteiger partial charge in [0.15, 0.2) is 0 Å². The van der Waals surface area contributed by atoms with Crippen LogP contribution in [-0.2, 0) is 4.79 Å². The number of carbonyl (C=O) groups excluding carboxylic acids is 1. The molecule has 9 heteroatoms. The predicted octanol–water partition coefficient (Wildman–Crippen LogP) is 3.75. The van der Waals surface area contributed by atoms with Crippen LogP contribution in [0.4, 0.5) is 5.69 Å². The van der Waals surface area contributed by atoms with Gasteiger partial charge in [0.05, 0.1) is 6.10 Å². The van der Waals surface area contributed by atoms with Crippen molar-refractivity contribution in [1.29, 1.82) is 0 Å². The lowest BCUT2D eigenvalue weighted by atomic mass is 10.1. The number of nitrogens with one attached hydrogen (secondary N) is 2. The minimum atomic E-state index is -1.08. The SMILES string of the molecule is CC(=O)Nc1ccc(Cl)cc1C(O)NC[C@@H](O)CN1CCC(Oc2ccc(C)c(Cl)c2)CC1. The number of amides is 1. The molecule has 3 rings (SSSR count). The van der Waals surface area contributed by atoms with Gasteiger partial charge in [0.1, 0.15) is 18.1 Å². The Hall–Kier alpha value is -1.87. The summed E-state index contributed by atoms with van der Waals surface area (Å²) < 4.78 is 6.06. The maximum Gasteiger partial charge on any atom is 0.221 e. The summed E-state index contributed by atoms with van der Waals surface area (Å²) in [5.41, 5.74) is 1.94. The molecule has 1 unspecified atom stereocenters. The highest BCUT2D eigenvalue weighted by molar-refractivity contribution is 6.31. The normalized spacial score (nSPS) is 16.9. The third-order valence-electron chi connectivity index (χ3n) is 5.62. The molecule has 1 fully saturated rings. The van der Waals surface area contributed by atoms with Gasteiger partial charge >= 0.3 is 0 Å². The van der Waals surface area contributed by atoms with Crippen molar-refractivity contribution in [2.45, 2.75) is 45.1 Å². The maximum absolute atomic E-state index is 11.4. The molecule has 1 saturated heterocycles. The fourth-order valence-electron chi connectivity index (χ4n) is 3.83. The zero-order valence-electron chi connectivity index (χ0n) is 18.9. The van der Waals surface area contributed by atoms with E-state index in [1.165, 1.54) is 6.92 Å². The number of aliphatic hydroxyl groups excluding tert-OH is 2. The second kappa shape index (κ2) is 12.0. The van der Waals surface area contributed by atoms with Crippen molar-refractivity contribution >= 4 is 34.8 Å². The van der Waals surface area contributed by atoms with E-state index in [2.05, 4.69) is 15.5 Å². The Bertz CT molecular complexity index is 951. The molecule has 0 spiro atoms. The number of rotatable bonds is 9. The minimum absolute atomic E-state index is 0.118. The lowest BCUT2D eigenvalue weighted by Gasteiger charge is -2.33. The molecule has 2 aromatic rings. The Balaban J connectivity index is 1.43. The van der Waals surface area contributed by atoms with Crippen molar-refractivity contribution in [1.82, 2.24) is 10.2 Å². The lowest BCUT2D eigenvalue weighted by Crippen LogP contribution is -2.44. The average molecular weight is 496 g/mol. The Morgan fingerprint density at radius 1 is 1.18 bits per heavy atom. The van der Waals surface area contributed by atoms with Crippen LogP contribution in [0.1, 0.15) is 37.1 Å². The van der Waals surface area contributed by atoms with E-state index in [0.717, 1.165) is 37.2 Å². The van der Waals surface area contributed by atoms with E-state index in [0.29, 0.717) is 27.8 Å². The van der Waals surface area contributed by atoms with Gasteiger partial charge in [0, 0.05) is 54.4 Å². The van der Waals surface area contributed by atoms with E-state index >= 15 is 0 Å². The summed E-state index contributed by atoms with van der Waals surface area (Å²) >= 11 is 12.2. The number of hydrogen-bond donors (Lipinski definition) is 4. The van der Waals surface area contributed by atoms with E-state index in [4.69, 9.17) is 27.9 Å². The molecule has 0 saturated carbocycles. The molecule has 7 nitrogen and oxygen atoms in total. The number of hydrogen-bond acceptors (Lipinski definition) is 6. The predicted molar refractivity (Wildman–Crippen MR) is 131 cm³/mol. The second-order valence-electron chi connectivity index (χ2n) is 8.41.